The highest BCUT2D eigenvalue weighted by atomic mass is 31.2. The maximum Gasteiger partial charge on any atom is 0.328 e. The summed E-state index contributed by atoms with van der Waals surface area (Å²) in [5, 5.41) is 0. The molecule has 0 aliphatic heterocycles. The van der Waals surface area contributed by atoms with E-state index in [1.807, 2.05) is 0 Å². The highest BCUT2D eigenvalue weighted by Gasteiger charge is 2.52. The maximum absolute atomic E-state index is 13.9. The smallest absolute Gasteiger partial charge is 0.328 e. The topological polar surface area (TPSA) is 151 Å². The molecule has 0 aliphatic rings. The van der Waals surface area contributed by atoms with Crippen LogP contribution in [-0.4, -0.2) is 48.9 Å². The summed E-state index contributed by atoms with van der Waals surface area (Å²) in [6, 6.07) is 16.1. The molecule has 0 radical (unpaired) electrons. The summed E-state index contributed by atoms with van der Waals surface area (Å²) >= 11 is 0. The SMILES string of the molecule is CC(C)(CP(=O)(O)O)OC(OC(C)(C)CP(=O)(O)O)(C(=O)c1ccccc1)c1ccccc1. The Bertz CT molecular complexity index is 1000. The summed E-state index contributed by atoms with van der Waals surface area (Å²) in [5.74, 6) is -2.95. The number of benzene rings is 2. The number of rotatable bonds is 11. The van der Waals surface area contributed by atoms with Gasteiger partial charge in [-0.2, -0.15) is 0 Å². The van der Waals surface area contributed by atoms with Crippen LogP contribution in [-0.2, 0) is 24.4 Å². The molecule has 33 heavy (non-hydrogen) atoms. The summed E-state index contributed by atoms with van der Waals surface area (Å²) in [6.45, 7) is 5.62. The highest BCUT2D eigenvalue weighted by molar-refractivity contribution is 7.52. The zero-order valence-electron chi connectivity index (χ0n) is 18.9. The van der Waals surface area contributed by atoms with Crippen molar-refractivity contribution in [3.05, 3.63) is 71.8 Å². The molecule has 182 valence electrons. The van der Waals surface area contributed by atoms with Crippen LogP contribution in [0.4, 0.5) is 0 Å². The van der Waals surface area contributed by atoms with Crippen LogP contribution in [0.2, 0.25) is 0 Å². The van der Waals surface area contributed by atoms with Gasteiger partial charge in [-0.15, -0.1) is 0 Å². The van der Waals surface area contributed by atoms with Gasteiger partial charge < -0.3 is 29.0 Å². The molecule has 9 nitrogen and oxygen atoms in total. The monoisotopic (exact) mass is 500 g/mol. The number of carbonyl (C=O) groups excluding carboxylic acids is 1. The molecular weight excluding hydrogens is 470 g/mol. The van der Waals surface area contributed by atoms with Crippen LogP contribution in [0.15, 0.2) is 60.7 Å². The quantitative estimate of drug-likeness (QED) is 0.206. The average molecular weight is 500 g/mol. The van der Waals surface area contributed by atoms with Crippen molar-refractivity contribution >= 4 is 21.0 Å². The summed E-state index contributed by atoms with van der Waals surface area (Å²) in [4.78, 5) is 52.2. The number of Topliss-reactive ketones (excluding diaryl/α,β-unsaturated/α-hetero) is 1. The van der Waals surface area contributed by atoms with Crippen LogP contribution < -0.4 is 0 Å². The van der Waals surface area contributed by atoms with Crippen molar-refractivity contribution in [1.29, 1.82) is 0 Å². The molecule has 2 aromatic carbocycles. The van der Waals surface area contributed by atoms with Gasteiger partial charge in [-0.1, -0.05) is 60.7 Å². The average Bonchev–Trinajstić information content (AvgIpc) is 2.64. The number of hydrogen-bond acceptors (Lipinski definition) is 5. The van der Waals surface area contributed by atoms with Crippen LogP contribution in [0.5, 0.6) is 0 Å². The van der Waals surface area contributed by atoms with Gasteiger partial charge in [0.25, 0.3) is 5.79 Å². The Balaban J connectivity index is 2.75. The third kappa shape index (κ3) is 8.25. The molecule has 11 heteroatoms. The van der Waals surface area contributed by atoms with Crippen molar-refractivity contribution in [2.24, 2.45) is 0 Å². The Labute approximate surface area is 193 Å². The van der Waals surface area contributed by atoms with E-state index in [0.717, 1.165) is 0 Å². The lowest BCUT2D eigenvalue weighted by Crippen LogP contribution is -2.53. The van der Waals surface area contributed by atoms with Gasteiger partial charge in [-0.05, 0) is 27.7 Å². The van der Waals surface area contributed by atoms with Crippen LogP contribution in [0, 0.1) is 0 Å². The van der Waals surface area contributed by atoms with Gasteiger partial charge in [-0.3, -0.25) is 13.9 Å². The Morgan fingerprint density at radius 2 is 1.09 bits per heavy atom. The zero-order valence-corrected chi connectivity index (χ0v) is 20.7. The van der Waals surface area contributed by atoms with Crippen molar-refractivity contribution < 1.29 is 43.0 Å². The van der Waals surface area contributed by atoms with E-state index in [4.69, 9.17) is 9.47 Å². The fourth-order valence-electron chi connectivity index (χ4n) is 3.63. The van der Waals surface area contributed by atoms with Gasteiger partial charge in [0, 0.05) is 11.1 Å². The Morgan fingerprint density at radius 1 is 0.727 bits per heavy atom. The van der Waals surface area contributed by atoms with Crippen molar-refractivity contribution in [2.45, 2.75) is 44.7 Å². The fraction of sp³-hybridized carbons (Fsp3) is 0.409. The van der Waals surface area contributed by atoms with Gasteiger partial charge in [0.05, 0.1) is 23.5 Å². The van der Waals surface area contributed by atoms with Crippen LogP contribution >= 0.6 is 15.2 Å². The first-order valence-corrected chi connectivity index (χ1v) is 13.7. The molecule has 2 aromatic rings. The normalized spacial score (nSPS) is 13.7. The molecule has 4 N–H and O–H groups in total. The number of carbonyl (C=O) groups is 1. The van der Waals surface area contributed by atoms with Gasteiger partial charge in [0.1, 0.15) is 0 Å². The summed E-state index contributed by atoms with van der Waals surface area (Å²) < 4.78 is 35.8. The van der Waals surface area contributed by atoms with Crippen LogP contribution in [0.3, 0.4) is 0 Å². The van der Waals surface area contributed by atoms with Gasteiger partial charge in [0.15, 0.2) is 0 Å². The van der Waals surface area contributed by atoms with Crippen molar-refractivity contribution in [1.82, 2.24) is 0 Å². The standard InChI is InChI=1S/C22H30O9P2/c1-20(2,15-32(24,25)26)30-22(18-13-9-6-10-14-18,19(23)17-11-7-5-8-12-17)31-21(3,4)16-33(27,28)29/h5-14H,15-16H2,1-4H3,(H2,24,25,26)(H2,27,28,29). The van der Waals surface area contributed by atoms with Crippen molar-refractivity contribution in [2.75, 3.05) is 12.3 Å². The molecule has 0 atom stereocenters. The summed E-state index contributed by atoms with van der Waals surface area (Å²) in [6.07, 6.45) is -1.45. The predicted molar refractivity (Wildman–Crippen MR) is 123 cm³/mol. The lowest BCUT2D eigenvalue weighted by atomic mass is 9.93. The van der Waals surface area contributed by atoms with E-state index in [9.17, 15) is 33.5 Å². The first-order valence-electron chi connectivity index (χ1n) is 10.1. The van der Waals surface area contributed by atoms with E-state index in [1.165, 1.54) is 39.8 Å². The molecule has 0 spiro atoms. The lowest BCUT2D eigenvalue weighted by molar-refractivity contribution is -0.287. The van der Waals surface area contributed by atoms with E-state index in [0.29, 0.717) is 0 Å². The Morgan fingerprint density at radius 3 is 1.45 bits per heavy atom. The van der Waals surface area contributed by atoms with E-state index in [-0.39, 0.29) is 11.1 Å². The largest absolute Gasteiger partial charge is 0.333 e. The maximum atomic E-state index is 13.9. The molecule has 0 heterocycles. The molecule has 0 saturated heterocycles. The van der Waals surface area contributed by atoms with Crippen LogP contribution in [0.1, 0.15) is 43.6 Å². The third-order valence-corrected chi connectivity index (χ3v) is 6.85. The summed E-state index contributed by atoms with van der Waals surface area (Å²) in [7, 11) is -9.14. The zero-order chi connectivity index (χ0) is 25.1. The van der Waals surface area contributed by atoms with E-state index in [1.54, 1.807) is 48.5 Å². The van der Waals surface area contributed by atoms with Gasteiger partial charge >= 0.3 is 15.2 Å². The van der Waals surface area contributed by atoms with Gasteiger partial charge in [0.2, 0.25) is 5.78 Å². The second kappa shape index (κ2) is 9.90. The van der Waals surface area contributed by atoms with E-state index >= 15 is 0 Å². The first kappa shape index (κ1) is 27.6. The van der Waals surface area contributed by atoms with Gasteiger partial charge in [-0.25, -0.2) is 0 Å². The molecule has 2 rings (SSSR count). The van der Waals surface area contributed by atoms with E-state index < -0.39 is 50.3 Å². The molecule has 0 aliphatic carbocycles. The molecule has 0 aromatic heterocycles. The van der Waals surface area contributed by atoms with E-state index in [2.05, 4.69) is 0 Å². The molecular formula is C22H30O9P2. The first-order chi connectivity index (χ1) is 14.9. The summed E-state index contributed by atoms with van der Waals surface area (Å²) in [5.41, 5.74) is -2.76. The Kier molecular flexibility index (Phi) is 8.27. The van der Waals surface area contributed by atoms with Crippen LogP contribution in [0.25, 0.3) is 0 Å². The Hall–Kier alpha value is -1.67. The van der Waals surface area contributed by atoms with Crippen molar-refractivity contribution in [3.8, 4) is 0 Å². The second-order valence-corrected chi connectivity index (χ2v) is 12.3. The molecule has 0 unspecified atom stereocenters. The number of ketones is 1. The minimum Gasteiger partial charge on any atom is -0.333 e. The molecule has 0 fully saturated rings. The van der Waals surface area contributed by atoms with Crippen molar-refractivity contribution in [3.63, 3.8) is 0 Å². The predicted octanol–water partition coefficient (Wildman–Crippen LogP) is 3.67. The highest BCUT2D eigenvalue weighted by Crippen LogP contribution is 2.47. The molecule has 0 saturated carbocycles. The number of hydrogen-bond donors (Lipinski definition) is 4. The molecule has 0 amide bonds. The lowest BCUT2D eigenvalue weighted by Gasteiger charge is -2.44. The minimum atomic E-state index is -4.57. The third-order valence-electron chi connectivity index (χ3n) is 4.50. The molecule has 0 bridgehead atoms. The number of ether oxygens (including phenoxy) is 2. The fourth-order valence-corrected chi connectivity index (χ4v) is 5.75. The second-order valence-electron chi connectivity index (χ2n) is 9.05. The minimum absolute atomic E-state index is 0.181.